The van der Waals surface area contributed by atoms with Crippen LogP contribution in [0.4, 0.5) is 0 Å². The van der Waals surface area contributed by atoms with Crippen LogP contribution in [0.15, 0.2) is 30.3 Å². The third kappa shape index (κ3) is 2.44. The second-order valence-corrected chi connectivity index (χ2v) is 3.53. The van der Waals surface area contributed by atoms with E-state index in [1.54, 1.807) is 13.0 Å². The summed E-state index contributed by atoms with van der Waals surface area (Å²) in [4.78, 5) is 30.0. The highest BCUT2D eigenvalue weighted by Crippen LogP contribution is 2.14. The number of hydrogen-bond acceptors (Lipinski definition) is 3. The molecule has 0 aliphatic heterocycles. The lowest BCUT2D eigenvalue weighted by atomic mass is 10.2. The normalized spacial score (nSPS) is 10.2. The van der Waals surface area contributed by atoms with Crippen LogP contribution >= 0.6 is 0 Å². The lowest BCUT2D eigenvalue weighted by molar-refractivity contribution is -0.148. The van der Waals surface area contributed by atoms with Crippen LogP contribution in [0.1, 0.15) is 23.8 Å². The topological polar surface area (TPSA) is 71.2 Å². The molecule has 1 heterocycles. The smallest absolute Gasteiger partial charge is 0.331 e. The fourth-order valence-corrected chi connectivity index (χ4v) is 1.43. The van der Waals surface area contributed by atoms with E-state index in [0.29, 0.717) is 5.69 Å². The minimum Gasteiger partial charge on any atom is -0.350 e. The molecule has 5 heteroatoms. The molecule has 2 aromatic rings. The van der Waals surface area contributed by atoms with Gasteiger partial charge >= 0.3 is 5.97 Å². The van der Waals surface area contributed by atoms with Gasteiger partial charge in [0.05, 0.1) is 0 Å². The highest BCUT2D eigenvalue weighted by Gasteiger charge is 2.10. The first-order valence-corrected chi connectivity index (χ1v) is 5.28. The van der Waals surface area contributed by atoms with Gasteiger partial charge in [0.1, 0.15) is 5.69 Å². The minimum atomic E-state index is -0.477. The van der Waals surface area contributed by atoms with Crippen LogP contribution in [0.2, 0.25) is 0 Å². The maximum Gasteiger partial charge on any atom is 0.331 e. The number of fused-ring (bicyclic) bond motifs is 1. The molecule has 0 spiro atoms. The number of amides is 1. The number of benzene rings is 1. The van der Waals surface area contributed by atoms with Crippen LogP contribution in [0, 0.1) is 0 Å². The number of nitrogens with one attached hydrogen (secondary N) is 2. The third-order valence-corrected chi connectivity index (χ3v) is 2.32. The van der Waals surface area contributed by atoms with Gasteiger partial charge in [-0.3, -0.25) is 4.79 Å². The molecule has 0 unspecified atom stereocenters. The average molecular weight is 232 g/mol. The van der Waals surface area contributed by atoms with Crippen LogP contribution in [0.5, 0.6) is 0 Å². The molecule has 1 amide bonds. The van der Waals surface area contributed by atoms with Gasteiger partial charge in [0.25, 0.3) is 5.91 Å². The van der Waals surface area contributed by atoms with Gasteiger partial charge < -0.3 is 9.82 Å². The lowest BCUT2D eigenvalue weighted by Crippen LogP contribution is -2.26. The average Bonchev–Trinajstić information content (AvgIpc) is 2.79. The number of H-pyrrole nitrogens is 1. The van der Waals surface area contributed by atoms with Crippen molar-refractivity contribution < 1.29 is 14.4 Å². The van der Waals surface area contributed by atoms with E-state index in [1.807, 2.05) is 24.3 Å². The number of aromatic nitrogens is 1. The van der Waals surface area contributed by atoms with E-state index in [0.717, 1.165) is 10.9 Å². The van der Waals surface area contributed by atoms with E-state index in [2.05, 4.69) is 15.3 Å². The van der Waals surface area contributed by atoms with E-state index in [4.69, 9.17) is 0 Å². The zero-order valence-corrected chi connectivity index (χ0v) is 9.32. The first-order chi connectivity index (χ1) is 8.20. The number of hydroxylamine groups is 1. The molecular weight excluding hydrogens is 220 g/mol. The molecular formula is C12H12N2O3. The van der Waals surface area contributed by atoms with Crippen molar-refractivity contribution in [1.29, 1.82) is 0 Å². The van der Waals surface area contributed by atoms with Gasteiger partial charge in [-0.1, -0.05) is 25.1 Å². The van der Waals surface area contributed by atoms with Crippen molar-refractivity contribution in [3.05, 3.63) is 36.0 Å². The van der Waals surface area contributed by atoms with Crippen LogP contribution in [0.25, 0.3) is 10.9 Å². The third-order valence-electron chi connectivity index (χ3n) is 2.32. The van der Waals surface area contributed by atoms with Gasteiger partial charge in [-0.25, -0.2) is 4.79 Å². The Bertz CT molecular complexity index is 527. The minimum absolute atomic E-state index is 0.215. The monoisotopic (exact) mass is 232 g/mol. The van der Waals surface area contributed by atoms with Crippen LogP contribution < -0.4 is 5.48 Å². The molecule has 2 N–H and O–H groups in total. The molecule has 0 bridgehead atoms. The Hall–Kier alpha value is -2.30. The summed E-state index contributed by atoms with van der Waals surface area (Å²) in [6.07, 6.45) is 0.215. The summed E-state index contributed by atoms with van der Waals surface area (Å²) in [5.74, 6) is -0.947. The molecule has 0 radical (unpaired) electrons. The highest BCUT2D eigenvalue weighted by molar-refractivity contribution is 5.97. The summed E-state index contributed by atoms with van der Waals surface area (Å²) in [5, 5.41) is 0.930. The zero-order valence-electron chi connectivity index (χ0n) is 9.32. The number of para-hydroxylation sites is 1. The molecule has 88 valence electrons. The fraction of sp³-hybridized carbons (Fsp3) is 0.167. The zero-order chi connectivity index (χ0) is 12.3. The molecule has 5 nitrogen and oxygen atoms in total. The molecule has 1 aromatic heterocycles. The Morgan fingerprint density at radius 3 is 2.82 bits per heavy atom. The molecule has 17 heavy (non-hydrogen) atoms. The summed E-state index contributed by atoms with van der Waals surface area (Å²) in [5.41, 5.74) is 3.31. The molecule has 0 atom stereocenters. The first-order valence-electron chi connectivity index (χ1n) is 5.28. The predicted molar refractivity (Wildman–Crippen MR) is 62.1 cm³/mol. The Morgan fingerprint density at radius 1 is 1.35 bits per heavy atom. The van der Waals surface area contributed by atoms with E-state index in [-0.39, 0.29) is 6.42 Å². The molecule has 0 saturated heterocycles. The Morgan fingerprint density at radius 2 is 2.12 bits per heavy atom. The van der Waals surface area contributed by atoms with Crippen molar-refractivity contribution in [2.24, 2.45) is 0 Å². The fourth-order valence-electron chi connectivity index (χ4n) is 1.43. The Kier molecular flexibility index (Phi) is 3.09. The van der Waals surface area contributed by atoms with Crippen molar-refractivity contribution in [3.63, 3.8) is 0 Å². The van der Waals surface area contributed by atoms with Gasteiger partial charge in [0.15, 0.2) is 0 Å². The maximum absolute atomic E-state index is 11.6. The van der Waals surface area contributed by atoms with Crippen LogP contribution in [-0.4, -0.2) is 16.9 Å². The van der Waals surface area contributed by atoms with Crippen molar-refractivity contribution in [2.45, 2.75) is 13.3 Å². The van der Waals surface area contributed by atoms with E-state index >= 15 is 0 Å². The van der Waals surface area contributed by atoms with Gasteiger partial charge in [-0.05, 0) is 12.1 Å². The van der Waals surface area contributed by atoms with Crippen molar-refractivity contribution in [1.82, 2.24) is 10.5 Å². The predicted octanol–water partition coefficient (Wildman–Crippen LogP) is 1.77. The number of rotatable bonds is 2. The summed E-state index contributed by atoms with van der Waals surface area (Å²) < 4.78 is 0. The second kappa shape index (κ2) is 4.69. The number of carbonyl (C=O) groups excluding carboxylic acids is 2. The van der Waals surface area contributed by atoms with Crippen molar-refractivity contribution in [2.75, 3.05) is 0 Å². The maximum atomic E-state index is 11.6. The number of carbonyl (C=O) groups is 2. The molecule has 2 rings (SSSR count). The number of hydrogen-bond donors (Lipinski definition) is 2. The van der Waals surface area contributed by atoms with E-state index < -0.39 is 11.9 Å². The van der Waals surface area contributed by atoms with Crippen LogP contribution in [-0.2, 0) is 9.63 Å². The molecule has 0 fully saturated rings. The molecule has 0 aliphatic rings. The standard InChI is InChI=1S/C12H12N2O3/c1-2-11(15)17-14-12(16)10-7-8-5-3-4-6-9(8)13-10/h3-7,13H,2H2,1H3,(H,14,16). The van der Waals surface area contributed by atoms with Gasteiger partial charge in [-0.15, -0.1) is 0 Å². The van der Waals surface area contributed by atoms with Crippen molar-refractivity contribution >= 4 is 22.8 Å². The molecule has 0 saturated carbocycles. The SMILES string of the molecule is CCC(=O)ONC(=O)c1cc2ccccc2[nH]1. The molecule has 0 aliphatic carbocycles. The summed E-state index contributed by atoms with van der Waals surface area (Å²) >= 11 is 0. The lowest BCUT2D eigenvalue weighted by Gasteiger charge is -2.02. The molecule has 1 aromatic carbocycles. The van der Waals surface area contributed by atoms with E-state index in [9.17, 15) is 9.59 Å². The largest absolute Gasteiger partial charge is 0.350 e. The highest BCUT2D eigenvalue weighted by atomic mass is 16.7. The van der Waals surface area contributed by atoms with Gasteiger partial charge in [-0.2, -0.15) is 5.48 Å². The van der Waals surface area contributed by atoms with Crippen molar-refractivity contribution in [3.8, 4) is 0 Å². The quantitative estimate of drug-likeness (QED) is 0.775. The summed E-state index contributed by atoms with van der Waals surface area (Å²) in [7, 11) is 0. The van der Waals surface area contributed by atoms with E-state index in [1.165, 1.54) is 0 Å². The number of aromatic amines is 1. The second-order valence-electron chi connectivity index (χ2n) is 3.53. The Balaban J connectivity index is 2.11. The summed E-state index contributed by atoms with van der Waals surface area (Å²) in [6, 6.07) is 9.21. The summed E-state index contributed by atoms with van der Waals surface area (Å²) in [6.45, 7) is 1.65. The van der Waals surface area contributed by atoms with Gasteiger partial charge in [0.2, 0.25) is 0 Å². The van der Waals surface area contributed by atoms with Gasteiger partial charge in [0, 0.05) is 17.3 Å². The first kappa shape index (κ1) is 11.2. The van der Waals surface area contributed by atoms with Crippen LogP contribution in [0.3, 0.4) is 0 Å². The Labute approximate surface area is 97.7 Å².